The van der Waals surface area contributed by atoms with E-state index in [9.17, 15) is 4.39 Å². The number of hydrogen-bond acceptors (Lipinski definition) is 7. The van der Waals surface area contributed by atoms with Gasteiger partial charge in [0.15, 0.2) is 5.82 Å². The predicted molar refractivity (Wildman–Crippen MR) is 117 cm³/mol. The van der Waals surface area contributed by atoms with Crippen LogP contribution >= 0.6 is 11.6 Å². The first-order chi connectivity index (χ1) is 14.6. The predicted octanol–water partition coefficient (Wildman–Crippen LogP) is 3.88. The highest BCUT2D eigenvalue weighted by Gasteiger charge is 2.11. The van der Waals surface area contributed by atoms with Crippen molar-refractivity contribution in [1.29, 1.82) is 0 Å². The number of nitrogens with one attached hydrogen (secondary N) is 1. The Bertz CT molecular complexity index is 1070. The maximum absolute atomic E-state index is 13.4. The molecule has 7 nitrogen and oxygen atoms in total. The van der Waals surface area contributed by atoms with Crippen LogP contribution in [0.3, 0.4) is 0 Å². The second kappa shape index (κ2) is 9.34. The van der Waals surface area contributed by atoms with Gasteiger partial charge in [-0.3, -0.25) is 4.90 Å². The topological polar surface area (TPSA) is 89.2 Å². The summed E-state index contributed by atoms with van der Waals surface area (Å²) in [7, 11) is 0. The normalized spacial score (nSPS) is 15.1. The van der Waals surface area contributed by atoms with Crippen molar-refractivity contribution in [2.75, 3.05) is 43.9 Å². The van der Waals surface area contributed by atoms with Gasteiger partial charge in [-0.2, -0.15) is 0 Å². The first kappa shape index (κ1) is 20.5. The fourth-order valence-corrected chi connectivity index (χ4v) is 3.42. The number of nitrogen functional groups attached to an aromatic ring is 1. The van der Waals surface area contributed by atoms with Gasteiger partial charge < -0.3 is 15.8 Å². The summed E-state index contributed by atoms with van der Waals surface area (Å²) in [5.41, 5.74) is 8.75. The molecule has 2 aromatic heterocycles. The molecule has 0 radical (unpaired) electrons. The van der Waals surface area contributed by atoms with Crippen LogP contribution in [-0.2, 0) is 4.74 Å². The van der Waals surface area contributed by atoms with E-state index in [1.54, 1.807) is 6.07 Å². The molecule has 1 aromatic carbocycles. The molecule has 3 heterocycles. The molecule has 30 heavy (non-hydrogen) atoms. The van der Waals surface area contributed by atoms with Gasteiger partial charge in [0, 0.05) is 30.9 Å². The molecule has 1 fully saturated rings. The lowest BCUT2D eigenvalue weighted by Gasteiger charge is -2.25. The minimum atomic E-state index is -0.484. The highest BCUT2D eigenvalue weighted by atomic mass is 35.5. The molecular formula is C21H22ClFN6O. The first-order valence-corrected chi connectivity index (χ1v) is 10.1. The number of halogens is 2. The Labute approximate surface area is 178 Å². The third-order valence-electron chi connectivity index (χ3n) is 4.87. The molecule has 3 aromatic rings. The fourth-order valence-electron chi connectivity index (χ4n) is 3.24. The van der Waals surface area contributed by atoms with Crippen LogP contribution in [0.5, 0.6) is 0 Å². The summed E-state index contributed by atoms with van der Waals surface area (Å²) in [4.78, 5) is 15.4. The van der Waals surface area contributed by atoms with Crippen molar-refractivity contribution in [3.05, 3.63) is 53.1 Å². The van der Waals surface area contributed by atoms with Crippen LogP contribution in [-0.4, -0.2) is 52.7 Å². The lowest BCUT2D eigenvalue weighted by molar-refractivity contribution is 0.0387. The van der Waals surface area contributed by atoms with Gasteiger partial charge in [0.05, 0.1) is 23.8 Å². The van der Waals surface area contributed by atoms with Crippen LogP contribution in [0.4, 0.5) is 21.7 Å². The second-order valence-corrected chi connectivity index (χ2v) is 7.36. The second-order valence-electron chi connectivity index (χ2n) is 6.95. The molecule has 0 bridgehead atoms. The molecule has 0 spiro atoms. The summed E-state index contributed by atoms with van der Waals surface area (Å²) < 4.78 is 18.8. The molecule has 0 atom stereocenters. The first-order valence-electron chi connectivity index (χ1n) is 9.70. The van der Waals surface area contributed by atoms with Crippen molar-refractivity contribution in [1.82, 2.24) is 19.9 Å². The highest BCUT2D eigenvalue weighted by Crippen LogP contribution is 2.27. The van der Waals surface area contributed by atoms with Gasteiger partial charge >= 0.3 is 0 Å². The standard InChI is InChI=1S/C21H22ClFN6O/c22-16-12-15(4-5-17(16)23)27-21-19-18(25-13-26-21)11-14(20(24)28-19)3-1-2-6-29-7-9-30-10-8-29/h1,3-5,11-13H,2,6-10H2,(H2,24,28)(H,25,26,27)/b3-1+. The van der Waals surface area contributed by atoms with Gasteiger partial charge in [-0.25, -0.2) is 19.3 Å². The zero-order chi connectivity index (χ0) is 20.9. The summed E-state index contributed by atoms with van der Waals surface area (Å²) >= 11 is 5.85. The van der Waals surface area contributed by atoms with Gasteiger partial charge in [-0.15, -0.1) is 0 Å². The summed E-state index contributed by atoms with van der Waals surface area (Å²) in [5, 5.41) is 3.12. The van der Waals surface area contributed by atoms with Crippen molar-refractivity contribution in [3.63, 3.8) is 0 Å². The SMILES string of the molecule is Nc1nc2c(Nc3ccc(F)c(Cl)c3)ncnc2cc1/C=C/CCN1CCOCC1. The van der Waals surface area contributed by atoms with Gasteiger partial charge in [0.2, 0.25) is 0 Å². The average Bonchev–Trinajstić information content (AvgIpc) is 2.75. The highest BCUT2D eigenvalue weighted by molar-refractivity contribution is 6.31. The minimum Gasteiger partial charge on any atom is -0.383 e. The number of anilines is 3. The number of ether oxygens (including phenoxy) is 1. The number of pyridine rings is 1. The van der Waals surface area contributed by atoms with Crippen LogP contribution < -0.4 is 11.1 Å². The molecule has 4 rings (SSSR count). The van der Waals surface area contributed by atoms with E-state index in [1.807, 2.05) is 12.1 Å². The van der Waals surface area contributed by atoms with E-state index >= 15 is 0 Å². The molecule has 0 saturated carbocycles. The van der Waals surface area contributed by atoms with Crippen LogP contribution in [0, 0.1) is 5.82 Å². The average molecular weight is 429 g/mol. The van der Waals surface area contributed by atoms with E-state index in [0.29, 0.717) is 28.4 Å². The lowest BCUT2D eigenvalue weighted by atomic mass is 10.2. The van der Waals surface area contributed by atoms with Crippen molar-refractivity contribution in [3.8, 4) is 0 Å². The third-order valence-corrected chi connectivity index (χ3v) is 5.16. The van der Waals surface area contributed by atoms with Crippen LogP contribution in [0.25, 0.3) is 17.1 Å². The van der Waals surface area contributed by atoms with Crippen molar-refractivity contribution in [2.45, 2.75) is 6.42 Å². The zero-order valence-corrected chi connectivity index (χ0v) is 17.1. The van der Waals surface area contributed by atoms with Gasteiger partial charge in [0.25, 0.3) is 0 Å². The van der Waals surface area contributed by atoms with E-state index in [0.717, 1.165) is 44.8 Å². The zero-order valence-electron chi connectivity index (χ0n) is 16.3. The Balaban J connectivity index is 1.50. The minimum absolute atomic E-state index is 0.0235. The van der Waals surface area contributed by atoms with Crippen LogP contribution in [0.1, 0.15) is 12.0 Å². The molecule has 0 unspecified atom stereocenters. The number of nitrogens with two attached hydrogens (primary N) is 1. The molecule has 3 N–H and O–H groups in total. The van der Waals surface area contributed by atoms with Gasteiger partial charge in [0.1, 0.15) is 23.5 Å². The van der Waals surface area contributed by atoms with E-state index in [1.165, 1.54) is 18.5 Å². The summed E-state index contributed by atoms with van der Waals surface area (Å²) in [6, 6.07) is 6.23. The fraction of sp³-hybridized carbons (Fsp3) is 0.286. The van der Waals surface area contributed by atoms with E-state index in [2.05, 4.69) is 31.2 Å². The Hall–Kier alpha value is -2.81. The van der Waals surface area contributed by atoms with Crippen molar-refractivity contribution >= 4 is 46.0 Å². The quantitative estimate of drug-likeness (QED) is 0.615. The van der Waals surface area contributed by atoms with E-state index < -0.39 is 5.82 Å². The number of rotatable bonds is 6. The summed E-state index contributed by atoms with van der Waals surface area (Å²) in [6.07, 6.45) is 6.42. The molecular weight excluding hydrogens is 407 g/mol. The number of hydrogen-bond donors (Lipinski definition) is 2. The number of nitrogens with zero attached hydrogens (tertiary/aromatic N) is 4. The lowest BCUT2D eigenvalue weighted by Crippen LogP contribution is -2.36. The largest absolute Gasteiger partial charge is 0.383 e. The maximum Gasteiger partial charge on any atom is 0.160 e. The molecule has 1 aliphatic heterocycles. The summed E-state index contributed by atoms with van der Waals surface area (Å²) in [6.45, 7) is 4.52. The molecule has 1 aliphatic rings. The van der Waals surface area contributed by atoms with Crippen molar-refractivity contribution < 1.29 is 9.13 Å². The molecule has 0 amide bonds. The third kappa shape index (κ3) is 4.84. The van der Waals surface area contributed by atoms with Gasteiger partial charge in [-0.1, -0.05) is 23.8 Å². The number of aromatic nitrogens is 3. The van der Waals surface area contributed by atoms with E-state index in [-0.39, 0.29) is 5.02 Å². The number of fused-ring (bicyclic) bond motifs is 1. The Morgan fingerprint density at radius 3 is 2.87 bits per heavy atom. The Morgan fingerprint density at radius 1 is 1.23 bits per heavy atom. The van der Waals surface area contributed by atoms with Crippen LogP contribution in [0.2, 0.25) is 5.02 Å². The number of morpholine rings is 1. The maximum atomic E-state index is 13.4. The molecule has 156 valence electrons. The molecule has 9 heteroatoms. The Kier molecular flexibility index (Phi) is 6.37. The van der Waals surface area contributed by atoms with Crippen molar-refractivity contribution in [2.24, 2.45) is 0 Å². The molecule has 0 aliphatic carbocycles. The van der Waals surface area contributed by atoms with E-state index in [4.69, 9.17) is 22.1 Å². The molecule has 1 saturated heterocycles. The van der Waals surface area contributed by atoms with Gasteiger partial charge in [-0.05, 0) is 30.7 Å². The smallest absolute Gasteiger partial charge is 0.160 e. The monoisotopic (exact) mass is 428 g/mol. The Morgan fingerprint density at radius 2 is 2.07 bits per heavy atom. The summed E-state index contributed by atoms with van der Waals surface area (Å²) in [5.74, 6) is 0.375. The van der Waals surface area contributed by atoms with Crippen LogP contribution in [0.15, 0.2) is 36.7 Å². The number of benzene rings is 1.